The highest BCUT2D eigenvalue weighted by Crippen LogP contribution is 2.17. The lowest BCUT2D eigenvalue weighted by Crippen LogP contribution is -2.19. The molecule has 0 aliphatic rings. The Kier molecular flexibility index (Phi) is 4.05. The molecular weight excluding hydrogens is 304 g/mol. The van der Waals surface area contributed by atoms with E-state index in [0.29, 0.717) is 10.9 Å². The van der Waals surface area contributed by atoms with Gasteiger partial charge in [-0.3, -0.25) is 10.1 Å². The van der Waals surface area contributed by atoms with Crippen molar-refractivity contribution in [3.8, 4) is 11.4 Å². The van der Waals surface area contributed by atoms with Gasteiger partial charge in [0.25, 0.3) is 5.91 Å². The van der Waals surface area contributed by atoms with Gasteiger partial charge in [-0.15, -0.1) is 16.4 Å². The number of aromatic nitrogens is 5. The van der Waals surface area contributed by atoms with Gasteiger partial charge in [0.15, 0.2) is 11.7 Å². The van der Waals surface area contributed by atoms with Crippen LogP contribution in [0.15, 0.2) is 36.8 Å². The van der Waals surface area contributed by atoms with Gasteiger partial charge in [-0.1, -0.05) is 0 Å². The topological polar surface area (TPSA) is 94.8 Å². The van der Waals surface area contributed by atoms with Crippen molar-refractivity contribution in [1.82, 2.24) is 25.2 Å². The van der Waals surface area contributed by atoms with Crippen LogP contribution >= 0.6 is 11.3 Å². The first kappa shape index (κ1) is 14.1. The van der Waals surface area contributed by atoms with Gasteiger partial charge >= 0.3 is 0 Å². The number of amides is 1. The number of hydrogen-bond acceptors (Lipinski definition) is 7. The maximum absolute atomic E-state index is 11.7. The van der Waals surface area contributed by atoms with Gasteiger partial charge in [0.2, 0.25) is 0 Å². The summed E-state index contributed by atoms with van der Waals surface area (Å²) in [4.78, 5) is 16.8. The number of rotatable bonds is 5. The van der Waals surface area contributed by atoms with E-state index in [1.165, 1.54) is 22.3 Å². The van der Waals surface area contributed by atoms with E-state index >= 15 is 0 Å². The Balaban J connectivity index is 1.54. The summed E-state index contributed by atoms with van der Waals surface area (Å²) >= 11 is 1.42. The molecule has 0 spiro atoms. The molecule has 8 nitrogen and oxygen atoms in total. The summed E-state index contributed by atoms with van der Waals surface area (Å²) in [6, 6.07) is 7.09. The second kappa shape index (κ2) is 6.31. The molecule has 2 aromatic heterocycles. The van der Waals surface area contributed by atoms with Crippen LogP contribution in [0.5, 0.6) is 5.75 Å². The highest BCUT2D eigenvalue weighted by atomic mass is 32.1. The second-order valence-electron chi connectivity index (χ2n) is 4.36. The summed E-state index contributed by atoms with van der Waals surface area (Å²) in [6.45, 7) is 1.85. The van der Waals surface area contributed by atoms with Gasteiger partial charge in [-0.25, -0.2) is 9.67 Å². The normalized spacial score (nSPS) is 10.4. The fourth-order valence-electron chi connectivity index (χ4n) is 1.69. The number of carbonyl (C=O) groups is 1. The van der Waals surface area contributed by atoms with Crippen molar-refractivity contribution in [1.29, 1.82) is 0 Å². The number of nitrogens with one attached hydrogen (secondary N) is 1. The average molecular weight is 316 g/mol. The Bertz CT molecular complexity index is 753. The molecule has 0 saturated heterocycles. The molecule has 2 heterocycles. The fourth-order valence-corrected chi connectivity index (χ4v) is 2.37. The van der Waals surface area contributed by atoms with E-state index < -0.39 is 0 Å². The van der Waals surface area contributed by atoms with Gasteiger partial charge in [-0.05, 0) is 41.6 Å². The number of anilines is 1. The van der Waals surface area contributed by atoms with Crippen LogP contribution in [0.4, 0.5) is 5.13 Å². The largest absolute Gasteiger partial charge is 0.484 e. The van der Waals surface area contributed by atoms with Crippen molar-refractivity contribution >= 4 is 22.4 Å². The number of hydrogen-bond donors (Lipinski definition) is 1. The molecule has 0 aliphatic carbocycles. The predicted molar refractivity (Wildman–Crippen MR) is 80.1 cm³/mol. The van der Waals surface area contributed by atoms with Gasteiger partial charge in [0.05, 0.1) is 5.69 Å². The number of ether oxygens (including phenoxy) is 1. The number of nitrogens with zero attached hydrogens (tertiary/aromatic N) is 5. The van der Waals surface area contributed by atoms with Crippen LogP contribution in [0.2, 0.25) is 0 Å². The first-order valence-corrected chi connectivity index (χ1v) is 7.21. The standard InChI is InChI=1S/C13H12N6O2S/c1-9-6-14-13(22-9)16-12(20)7-21-11-4-2-10(3-5-11)19-8-15-17-18-19/h2-6,8H,7H2,1H3,(H,14,16,20). The van der Waals surface area contributed by atoms with Crippen LogP contribution in [0.1, 0.15) is 4.88 Å². The first-order valence-electron chi connectivity index (χ1n) is 6.39. The zero-order chi connectivity index (χ0) is 15.4. The molecule has 22 heavy (non-hydrogen) atoms. The zero-order valence-electron chi connectivity index (χ0n) is 11.6. The van der Waals surface area contributed by atoms with Crippen molar-refractivity contribution in [2.45, 2.75) is 6.92 Å². The number of benzene rings is 1. The van der Waals surface area contributed by atoms with Crippen LogP contribution < -0.4 is 10.1 Å². The molecule has 0 aliphatic heterocycles. The highest BCUT2D eigenvalue weighted by molar-refractivity contribution is 7.15. The molecule has 0 unspecified atom stereocenters. The zero-order valence-corrected chi connectivity index (χ0v) is 12.4. The summed E-state index contributed by atoms with van der Waals surface area (Å²) in [5.74, 6) is 0.334. The maximum Gasteiger partial charge on any atom is 0.264 e. The smallest absolute Gasteiger partial charge is 0.264 e. The summed E-state index contributed by atoms with van der Waals surface area (Å²) in [6.07, 6.45) is 3.21. The minimum absolute atomic E-state index is 0.0805. The molecule has 1 aromatic carbocycles. The van der Waals surface area contributed by atoms with Crippen molar-refractivity contribution in [2.75, 3.05) is 11.9 Å². The molecule has 112 valence electrons. The molecule has 0 saturated carbocycles. The maximum atomic E-state index is 11.7. The SMILES string of the molecule is Cc1cnc(NC(=O)COc2ccc(-n3cnnn3)cc2)s1. The highest BCUT2D eigenvalue weighted by Gasteiger charge is 2.06. The third-order valence-electron chi connectivity index (χ3n) is 2.69. The molecule has 0 fully saturated rings. The monoisotopic (exact) mass is 316 g/mol. The van der Waals surface area contributed by atoms with Crippen LogP contribution in [-0.2, 0) is 4.79 Å². The van der Waals surface area contributed by atoms with E-state index in [9.17, 15) is 4.79 Å². The molecule has 0 atom stereocenters. The molecule has 1 amide bonds. The van der Waals surface area contributed by atoms with Crippen LogP contribution in [0.3, 0.4) is 0 Å². The van der Waals surface area contributed by atoms with E-state index in [1.807, 2.05) is 6.92 Å². The van der Waals surface area contributed by atoms with Crippen molar-refractivity contribution in [3.63, 3.8) is 0 Å². The van der Waals surface area contributed by atoms with Crippen LogP contribution in [0, 0.1) is 6.92 Å². The Morgan fingerprint density at radius 3 is 2.82 bits per heavy atom. The number of tetrazole rings is 1. The van der Waals surface area contributed by atoms with E-state index in [1.54, 1.807) is 30.5 Å². The van der Waals surface area contributed by atoms with Gasteiger partial charge in [0.1, 0.15) is 12.1 Å². The van der Waals surface area contributed by atoms with Crippen LogP contribution in [-0.4, -0.2) is 37.7 Å². The molecular formula is C13H12N6O2S. The lowest BCUT2D eigenvalue weighted by atomic mass is 10.3. The third-order valence-corrected chi connectivity index (χ3v) is 3.52. The van der Waals surface area contributed by atoms with Gasteiger partial charge in [0, 0.05) is 11.1 Å². The molecule has 9 heteroatoms. The van der Waals surface area contributed by atoms with Crippen molar-refractivity contribution in [2.24, 2.45) is 0 Å². The van der Waals surface area contributed by atoms with E-state index in [4.69, 9.17) is 4.74 Å². The molecule has 0 bridgehead atoms. The van der Waals surface area contributed by atoms with Gasteiger partial charge in [-0.2, -0.15) is 0 Å². The lowest BCUT2D eigenvalue weighted by molar-refractivity contribution is -0.118. The van der Waals surface area contributed by atoms with Crippen LogP contribution in [0.25, 0.3) is 5.69 Å². The summed E-state index contributed by atoms with van der Waals surface area (Å²) in [5.41, 5.74) is 0.806. The summed E-state index contributed by atoms with van der Waals surface area (Å²) in [7, 11) is 0. The Morgan fingerprint density at radius 2 is 2.18 bits per heavy atom. The molecule has 3 aromatic rings. The van der Waals surface area contributed by atoms with Gasteiger partial charge < -0.3 is 4.74 Å². The number of thiazole rings is 1. The number of aryl methyl sites for hydroxylation is 1. The molecule has 3 rings (SSSR count). The Labute approximate surface area is 129 Å². The lowest BCUT2D eigenvalue weighted by Gasteiger charge is -2.06. The predicted octanol–water partition coefficient (Wildman–Crippen LogP) is 1.44. The number of carbonyl (C=O) groups excluding carboxylic acids is 1. The third kappa shape index (κ3) is 3.44. The first-order chi connectivity index (χ1) is 10.7. The minimum atomic E-state index is -0.251. The molecule has 0 radical (unpaired) electrons. The van der Waals surface area contributed by atoms with E-state index in [2.05, 4.69) is 25.8 Å². The Morgan fingerprint density at radius 1 is 1.36 bits per heavy atom. The minimum Gasteiger partial charge on any atom is -0.484 e. The van der Waals surface area contributed by atoms with Crippen molar-refractivity contribution in [3.05, 3.63) is 41.7 Å². The average Bonchev–Trinajstić information content (AvgIpc) is 3.18. The van der Waals surface area contributed by atoms with Crippen molar-refractivity contribution < 1.29 is 9.53 Å². The summed E-state index contributed by atoms with van der Waals surface area (Å²) in [5, 5.41) is 14.2. The quantitative estimate of drug-likeness (QED) is 0.765. The summed E-state index contributed by atoms with van der Waals surface area (Å²) < 4.78 is 6.95. The van der Waals surface area contributed by atoms with E-state index in [-0.39, 0.29) is 12.5 Å². The fraction of sp³-hybridized carbons (Fsp3) is 0.154. The Hall–Kier alpha value is -2.81. The van der Waals surface area contributed by atoms with E-state index in [0.717, 1.165) is 10.6 Å². The molecule has 1 N–H and O–H groups in total. The second-order valence-corrected chi connectivity index (χ2v) is 5.60.